The van der Waals surface area contributed by atoms with Crippen LogP contribution in [0, 0.1) is 5.92 Å². The van der Waals surface area contributed by atoms with Crippen LogP contribution in [0.5, 0.6) is 0 Å². The van der Waals surface area contributed by atoms with Crippen molar-refractivity contribution < 1.29 is 4.79 Å². The summed E-state index contributed by atoms with van der Waals surface area (Å²) in [6.45, 7) is 2.24. The maximum Gasteiger partial charge on any atom is 0.254 e. The Hall–Kier alpha value is -0.870. The molecule has 0 atom stereocenters. The van der Waals surface area contributed by atoms with Crippen molar-refractivity contribution >= 4 is 29.1 Å². The van der Waals surface area contributed by atoms with Crippen molar-refractivity contribution in [3.05, 3.63) is 21.9 Å². The summed E-state index contributed by atoms with van der Waals surface area (Å²) in [6, 6.07) is 1.66. The van der Waals surface area contributed by atoms with E-state index in [1.807, 2.05) is 0 Å². The molecule has 0 radical (unpaired) electrons. The summed E-state index contributed by atoms with van der Waals surface area (Å²) in [4.78, 5) is 12.0. The Balaban J connectivity index is 2.01. The van der Waals surface area contributed by atoms with Gasteiger partial charge in [-0.15, -0.1) is 10.2 Å². The van der Waals surface area contributed by atoms with Crippen LogP contribution in [0.1, 0.15) is 43.0 Å². The second-order valence-electron chi connectivity index (χ2n) is 4.80. The molecule has 18 heavy (non-hydrogen) atoms. The molecule has 1 aliphatic carbocycles. The topological polar surface area (TPSA) is 54.9 Å². The number of carbonyl (C=O) groups excluding carboxylic acids is 1. The number of nitrogens with zero attached hydrogens (tertiary/aromatic N) is 2. The highest BCUT2D eigenvalue weighted by Gasteiger charge is 2.21. The van der Waals surface area contributed by atoms with Crippen LogP contribution in [0.15, 0.2) is 6.07 Å². The molecule has 4 nitrogen and oxygen atoms in total. The number of aromatic nitrogens is 2. The second kappa shape index (κ2) is 5.85. The van der Waals surface area contributed by atoms with E-state index in [1.165, 1.54) is 6.07 Å². The summed E-state index contributed by atoms with van der Waals surface area (Å²) < 4.78 is 0. The zero-order valence-corrected chi connectivity index (χ0v) is 11.6. The lowest BCUT2D eigenvalue weighted by Gasteiger charge is -2.26. The standard InChI is InChI=1S/C12H15Cl2N3O/c1-7-2-4-8(5-3-7)15-12(18)9-6-10(13)16-17-11(9)14/h6-8H,2-5H2,1H3,(H,15,18). The van der Waals surface area contributed by atoms with Crippen LogP contribution in [0.3, 0.4) is 0 Å². The van der Waals surface area contributed by atoms with E-state index in [0.717, 1.165) is 31.6 Å². The van der Waals surface area contributed by atoms with Gasteiger partial charge >= 0.3 is 0 Å². The van der Waals surface area contributed by atoms with E-state index in [9.17, 15) is 4.79 Å². The van der Waals surface area contributed by atoms with Crippen molar-refractivity contribution in [1.29, 1.82) is 0 Å². The van der Waals surface area contributed by atoms with E-state index in [4.69, 9.17) is 23.2 Å². The SMILES string of the molecule is CC1CCC(NC(=O)c2cc(Cl)nnc2Cl)CC1. The van der Waals surface area contributed by atoms with Crippen molar-refractivity contribution in [3.63, 3.8) is 0 Å². The lowest BCUT2D eigenvalue weighted by Crippen LogP contribution is -2.37. The minimum absolute atomic E-state index is 0.0843. The summed E-state index contributed by atoms with van der Waals surface area (Å²) >= 11 is 11.5. The number of hydrogen-bond donors (Lipinski definition) is 1. The summed E-state index contributed by atoms with van der Waals surface area (Å²) in [5.74, 6) is 0.523. The Morgan fingerprint density at radius 3 is 2.61 bits per heavy atom. The Labute approximate surface area is 116 Å². The summed E-state index contributed by atoms with van der Waals surface area (Å²) in [5.41, 5.74) is 0.287. The molecule has 1 amide bonds. The van der Waals surface area contributed by atoms with E-state index in [2.05, 4.69) is 22.4 Å². The number of carbonyl (C=O) groups is 1. The molecule has 0 aliphatic heterocycles. The maximum atomic E-state index is 12.0. The van der Waals surface area contributed by atoms with E-state index in [1.54, 1.807) is 0 Å². The monoisotopic (exact) mass is 287 g/mol. The van der Waals surface area contributed by atoms with Crippen molar-refractivity contribution in [3.8, 4) is 0 Å². The van der Waals surface area contributed by atoms with E-state index >= 15 is 0 Å². The first kappa shape index (κ1) is 13.6. The summed E-state index contributed by atoms with van der Waals surface area (Å²) in [5, 5.41) is 10.4. The molecule has 2 rings (SSSR count). The van der Waals surface area contributed by atoms with Gasteiger partial charge in [0.25, 0.3) is 5.91 Å². The van der Waals surface area contributed by atoms with Crippen molar-refractivity contribution in [2.24, 2.45) is 5.92 Å². The molecule has 98 valence electrons. The fraction of sp³-hybridized carbons (Fsp3) is 0.583. The molecule has 1 aromatic rings. The molecule has 0 aromatic carbocycles. The molecule has 1 saturated carbocycles. The number of halogens is 2. The fourth-order valence-corrected chi connectivity index (χ4v) is 2.50. The molecule has 1 fully saturated rings. The Morgan fingerprint density at radius 2 is 1.94 bits per heavy atom. The zero-order valence-electron chi connectivity index (χ0n) is 10.1. The highest BCUT2D eigenvalue weighted by atomic mass is 35.5. The average Bonchev–Trinajstić information content (AvgIpc) is 2.35. The van der Waals surface area contributed by atoms with Gasteiger partial charge in [0.2, 0.25) is 0 Å². The zero-order chi connectivity index (χ0) is 13.1. The molecule has 1 aromatic heterocycles. The van der Waals surface area contributed by atoms with Crippen LogP contribution in [-0.4, -0.2) is 22.1 Å². The van der Waals surface area contributed by atoms with Gasteiger partial charge in [0.15, 0.2) is 10.3 Å². The highest BCUT2D eigenvalue weighted by molar-refractivity contribution is 6.34. The first-order chi connectivity index (χ1) is 8.56. The average molecular weight is 288 g/mol. The molecule has 6 heteroatoms. The quantitative estimate of drug-likeness (QED) is 0.909. The fourth-order valence-electron chi connectivity index (χ4n) is 2.18. The number of amides is 1. The third-order valence-electron chi connectivity index (χ3n) is 3.31. The molecule has 1 aliphatic rings. The smallest absolute Gasteiger partial charge is 0.254 e. The van der Waals surface area contributed by atoms with Gasteiger partial charge in [0, 0.05) is 6.04 Å². The third kappa shape index (κ3) is 3.33. The van der Waals surface area contributed by atoms with Crippen LogP contribution in [-0.2, 0) is 0 Å². The molecule has 0 bridgehead atoms. The Kier molecular flexibility index (Phi) is 4.40. The van der Waals surface area contributed by atoms with Gasteiger partial charge in [-0.1, -0.05) is 30.1 Å². The van der Waals surface area contributed by atoms with Gasteiger partial charge in [0.05, 0.1) is 5.56 Å². The largest absolute Gasteiger partial charge is 0.349 e. The van der Waals surface area contributed by atoms with Crippen LogP contribution in [0.25, 0.3) is 0 Å². The summed E-state index contributed by atoms with van der Waals surface area (Å²) in [6.07, 6.45) is 4.32. The van der Waals surface area contributed by atoms with E-state index in [0.29, 0.717) is 0 Å². The van der Waals surface area contributed by atoms with Crippen LogP contribution in [0.4, 0.5) is 0 Å². The van der Waals surface area contributed by atoms with Gasteiger partial charge in [-0.3, -0.25) is 4.79 Å². The minimum atomic E-state index is -0.226. The number of rotatable bonds is 2. The molecule has 0 saturated heterocycles. The van der Waals surface area contributed by atoms with Crippen LogP contribution >= 0.6 is 23.2 Å². The van der Waals surface area contributed by atoms with Crippen LogP contribution in [0.2, 0.25) is 10.3 Å². The van der Waals surface area contributed by atoms with Crippen molar-refractivity contribution in [1.82, 2.24) is 15.5 Å². The lowest BCUT2D eigenvalue weighted by molar-refractivity contribution is 0.0922. The molecular weight excluding hydrogens is 273 g/mol. The van der Waals surface area contributed by atoms with Gasteiger partial charge in [-0.05, 0) is 37.7 Å². The third-order valence-corrected chi connectivity index (χ3v) is 3.78. The first-order valence-electron chi connectivity index (χ1n) is 6.06. The van der Waals surface area contributed by atoms with E-state index < -0.39 is 0 Å². The van der Waals surface area contributed by atoms with Gasteiger partial charge < -0.3 is 5.32 Å². The van der Waals surface area contributed by atoms with Crippen LogP contribution < -0.4 is 5.32 Å². The molecule has 1 heterocycles. The normalized spacial score (nSPS) is 23.7. The maximum absolute atomic E-state index is 12.0. The Bertz CT molecular complexity index is 445. The number of hydrogen-bond acceptors (Lipinski definition) is 3. The second-order valence-corrected chi connectivity index (χ2v) is 5.55. The minimum Gasteiger partial charge on any atom is -0.349 e. The van der Waals surface area contributed by atoms with Crippen molar-refractivity contribution in [2.75, 3.05) is 0 Å². The Morgan fingerprint density at radius 1 is 1.28 bits per heavy atom. The van der Waals surface area contributed by atoms with Crippen molar-refractivity contribution in [2.45, 2.75) is 38.6 Å². The highest BCUT2D eigenvalue weighted by Crippen LogP contribution is 2.24. The molecule has 0 spiro atoms. The summed E-state index contributed by atoms with van der Waals surface area (Å²) in [7, 11) is 0. The van der Waals surface area contributed by atoms with E-state index in [-0.39, 0.29) is 27.8 Å². The molecule has 1 N–H and O–H groups in total. The predicted molar refractivity (Wildman–Crippen MR) is 70.9 cm³/mol. The molecule has 0 unspecified atom stereocenters. The first-order valence-corrected chi connectivity index (χ1v) is 6.81. The van der Waals surface area contributed by atoms with Gasteiger partial charge in [-0.2, -0.15) is 0 Å². The lowest BCUT2D eigenvalue weighted by atomic mass is 9.87. The van der Waals surface area contributed by atoms with Gasteiger partial charge in [-0.25, -0.2) is 0 Å². The predicted octanol–water partition coefficient (Wildman–Crippen LogP) is 3.09. The molecular formula is C12H15Cl2N3O. The number of nitrogens with one attached hydrogen (secondary N) is 1. The van der Waals surface area contributed by atoms with Gasteiger partial charge in [0.1, 0.15) is 0 Å².